The zero-order valence-corrected chi connectivity index (χ0v) is 16.6. The molecular formula is C19H27ClN4O3. The summed E-state index contributed by atoms with van der Waals surface area (Å²) in [5, 5.41) is 6.68. The number of likely N-dealkylation sites (tertiary alicyclic amines) is 1. The number of halogens is 1. The Balaban J connectivity index is 1.77. The molecule has 1 saturated heterocycles. The highest BCUT2D eigenvalue weighted by Crippen LogP contribution is 2.18. The highest BCUT2D eigenvalue weighted by molar-refractivity contribution is 6.30. The first-order chi connectivity index (χ1) is 13.0. The summed E-state index contributed by atoms with van der Waals surface area (Å²) in [6.07, 6.45) is 1.75. The summed E-state index contributed by atoms with van der Waals surface area (Å²) in [7, 11) is 1.71. The van der Waals surface area contributed by atoms with E-state index in [0.717, 1.165) is 25.3 Å². The average molecular weight is 395 g/mol. The van der Waals surface area contributed by atoms with Crippen LogP contribution in [0.25, 0.3) is 0 Å². The van der Waals surface area contributed by atoms with E-state index in [2.05, 4.69) is 20.5 Å². The maximum absolute atomic E-state index is 12.1. The van der Waals surface area contributed by atoms with Crippen molar-refractivity contribution in [3.8, 4) is 0 Å². The second-order valence-electron chi connectivity index (χ2n) is 6.27. The van der Waals surface area contributed by atoms with E-state index in [9.17, 15) is 9.59 Å². The van der Waals surface area contributed by atoms with Crippen LogP contribution in [0.2, 0.25) is 5.02 Å². The van der Waals surface area contributed by atoms with E-state index in [1.54, 1.807) is 31.3 Å². The molecule has 2 N–H and O–H groups in total. The van der Waals surface area contributed by atoms with Gasteiger partial charge in [0.15, 0.2) is 5.96 Å². The van der Waals surface area contributed by atoms with Crippen LogP contribution >= 0.6 is 11.6 Å². The Hall–Kier alpha value is -2.28. The van der Waals surface area contributed by atoms with Crippen LogP contribution in [0.5, 0.6) is 0 Å². The number of benzene rings is 1. The lowest BCUT2D eigenvalue weighted by molar-refractivity contribution is -0.149. The Morgan fingerprint density at radius 3 is 2.63 bits per heavy atom. The molecule has 1 aliphatic rings. The number of aliphatic imine (C=N–C) groups is 1. The van der Waals surface area contributed by atoms with Crippen LogP contribution < -0.4 is 10.6 Å². The summed E-state index contributed by atoms with van der Waals surface area (Å²) in [6, 6.07) is 6.75. The summed E-state index contributed by atoms with van der Waals surface area (Å²) >= 11 is 5.83. The number of rotatable bonds is 6. The fourth-order valence-electron chi connectivity index (χ4n) is 3.01. The number of guanidine groups is 1. The van der Waals surface area contributed by atoms with E-state index < -0.39 is 0 Å². The molecule has 1 aromatic rings. The predicted octanol–water partition coefficient (Wildman–Crippen LogP) is 1.92. The number of ether oxygens (including phenoxy) is 1. The minimum Gasteiger partial charge on any atom is -0.466 e. The van der Waals surface area contributed by atoms with Gasteiger partial charge in [0, 0.05) is 43.8 Å². The van der Waals surface area contributed by atoms with Crippen molar-refractivity contribution in [2.24, 2.45) is 10.9 Å². The van der Waals surface area contributed by atoms with E-state index in [1.807, 2.05) is 6.92 Å². The summed E-state index contributed by atoms with van der Waals surface area (Å²) in [4.78, 5) is 30.4. The summed E-state index contributed by atoms with van der Waals surface area (Å²) in [5.74, 6) is 0.309. The maximum Gasteiger partial charge on any atom is 0.310 e. The fourth-order valence-corrected chi connectivity index (χ4v) is 3.13. The van der Waals surface area contributed by atoms with Crippen molar-refractivity contribution in [3.63, 3.8) is 0 Å². The number of carbonyl (C=O) groups excluding carboxylic acids is 2. The van der Waals surface area contributed by atoms with Crippen LogP contribution in [0.1, 0.15) is 30.1 Å². The second-order valence-corrected chi connectivity index (χ2v) is 6.71. The standard InChI is InChI=1S/C19H27ClN4O3/c1-3-27-18(26)15-5-4-12-24(13-15)19(21-2)23-11-10-22-17(25)14-6-8-16(20)9-7-14/h6-9,15H,3-5,10-13H2,1-2H3,(H,21,23)(H,22,25). The van der Waals surface area contributed by atoms with Crippen molar-refractivity contribution in [2.75, 3.05) is 39.8 Å². The van der Waals surface area contributed by atoms with E-state index in [0.29, 0.717) is 36.8 Å². The van der Waals surface area contributed by atoms with Crippen molar-refractivity contribution >= 4 is 29.4 Å². The van der Waals surface area contributed by atoms with Gasteiger partial charge in [-0.1, -0.05) is 11.6 Å². The van der Waals surface area contributed by atoms with Gasteiger partial charge in [-0.2, -0.15) is 0 Å². The third-order valence-electron chi connectivity index (χ3n) is 4.35. The Kier molecular flexibility index (Phi) is 8.39. The minimum absolute atomic E-state index is 0.123. The smallest absolute Gasteiger partial charge is 0.310 e. The lowest BCUT2D eigenvalue weighted by Crippen LogP contribution is -2.49. The molecule has 1 atom stereocenters. The van der Waals surface area contributed by atoms with E-state index >= 15 is 0 Å². The molecular weight excluding hydrogens is 368 g/mol. The SMILES string of the molecule is CCOC(=O)C1CCCN(C(=NC)NCCNC(=O)c2ccc(Cl)cc2)C1. The number of nitrogens with one attached hydrogen (secondary N) is 2. The first-order valence-electron chi connectivity index (χ1n) is 9.21. The van der Waals surface area contributed by atoms with Gasteiger partial charge in [0.1, 0.15) is 0 Å². The van der Waals surface area contributed by atoms with Gasteiger partial charge in [-0.05, 0) is 44.0 Å². The molecule has 1 heterocycles. The van der Waals surface area contributed by atoms with Crippen molar-refractivity contribution in [1.82, 2.24) is 15.5 Å². The monoisotopic (exact) mass is 394 g/mol. The molecule has 0 aliphatic carbocycles. The third kappa shape index (κ3) is 6.43. The first kappa shape index (κ1) is 21.0. The van der Waals surface area contributed by atoms with Crippen molar-refractivity contribution in [1.29, 1.82) is 0 Å². The summed E-state index contributed by atoms with van der Waals surface area (Å²) in [6.45, 7) is 4.64. The van der Waals surface area contributed by atoms with Gasteiger partial charge in [0.05, 0.1) is 12.5 Å². The molecule has 1 fully saturated rings. The van der Waals surface area contributed by atoms with Gasteiger partial charge in [-0.15, -0.1) is 0 Å². The molecule has 7 nitrogen and oxygen atoms in total. The van der Waals surface area contributed by atoms with E-state index in [-0.39, 0.29) is 17.8 Å². The molecule has 0 spiro atoms. The normalized spacial score (nSPS) is 17.4. The molecule has 0 saturated carbocycles. The molecule has 27 heavy (non-hydrogen) atoms. The number of nitrogens with zero attached hydrogens (tertiary/aromatic N) is 2. The number of carbonyl (C=O) groups is 2. The zero-order valence-electron chi connectivity index (χ0n) is 15.8. The van der Waals surface area contributed by atoms with Crippen molar-refractivity contribution in [3.05, 3.63) is 34.9 Å². The predicted molar refractivity (Wildman–Crippen MR) is 106 cm³/mol. The Labute approximate surface area is 165 Å². The number of esters is 1. The van der Waals surface area contributed by atoms with Crippen LogP contribution in [0, 0.1) is 5.92 Å². The molecule has 8 heteroatoms. The number of amides is 1. The summed E-state index contributed by atoms with van der Waals surface area (Å²) < 4.78 is 5.14. The molecule has 1 unspecified atom stereocenters. The third-order valence-corrected chi connectivity index (χ3v) is 4.60. The van der Waals surface area contributed by atoms with Crippen molar-refractivity contribution < 1.29 is 14.3 Å². The number of hydrogen-bond acceptors (Lipinski definition) is 4. The zero-order chi connectivity index (χ0) is 19.6. The van der Waals surface area contributed by atoms with Crippen LogP contribution in [0.15, 0.2) is 29.3 Å². The Morgan fingerprint density at radius 1 is 1.26 bits per heavy atom. The van der Waals surface area contributed by atoms with Crippen LogP contribution in [-0.4, -0.2) is 62.6 Å². The van der Waals surface area contributed by atoms with Gasteiger partial charge >= 0.3 is 5.97 Å². The highest BCUT2D eigenvalue weighted by Gasteiger charge is 2.28. The molecule has 1 aliphatic heterocycles. The van der Waals surface area contributed by atoms with Gasteiger partial charge in [0.25, 0.3) is 5.91 Å². The van der Waals surface area contributed by atoms with Gasteiger partial charge < -0.3 is 20.3 Å². The number of hydrogen-bond donors (Lipinski definition) is 2. The molecule has 2 rings (SSSR count). The molecule has 1 aromatic carbocycles. The van der Waals surface area contributed by atoms with Gasteiger partial charge in [-0.3, -0.25) is 14.6 Å². The summed E-state index contributed by atoms with van der Waals surface area (Å²) in [5.41, 5.74) is 0.567. The first-order valence-corrected chi connectivity index (χ1v) is 9.59. The van der Waals surface area contributed by atoms with Crippen LogP contribution in [0.3, 0.4) is 0 Å². The van der Waals surface area contributed by atoms with Crippen LogP contribution in [-0.2, 0) is 9.53 Å². The largest absolute Gasteiger partial charge is 0.466 e. The average Bonchev–Trinajstić information content (AvgIpc) is 2.68. The lowest BCUT2D eigenvalue weighted by atomic mass is 9.98. The Bertz CT molecular complexity index is 663. The molecule has 1 amide bonds. The van der Waals surface area contributed by atoms with E-state index in [4.69, 9.17) is 16.3 Å². The fraction of sp³-hybridized carbons (Fsp3) is 0.526. The maximum atomic E-state index is 12.1. The quantitative estimate of drug-likeness (QED) is 0.333. The molecule has 148 valence electrons. The van der Waals surface area contributed by atoms with Crippen molar-refractivity contribution in [2.45, 2.75) is 19.8 Å². The lowest BCUT2D eigenvalue weighted by Gasteiger charge is -2.33. The topological polar surface area (TPSA) is 83.0 Å². The minimum atomic E-state index is -0.149. The van der Waals surface area contributed by atoms with Crippen LogP contribution in [0.4, 0.5) is 0 Å². The number of piperidine rings is 1. The van der Waals surface area contributed by atoms with Gasteiger partial charge in [-0.25, -0.2) is 0 Å². The molecule has 0 bridgehead atoms. The van der Waals surface area contributed by atoms with E-state index in [1.165, 1.54) is 0 Å². The molecule has 0 radical (unpaired) electrons. The van der Waals surface area contributed by atoms with Gasteiger partial charge in [0.2, 0.25) is 0 Å². The second kappa shape index (κ2) is 10.8. The Morgan fingerprint density at radius 2 is 1.96 bits per heavy atom. The molecule has 0 aromatic heterocycles. The highest BCUT2D eigenvalue weighted by atomic mass is 35.5.